The number of unbranched alkanes of at least 4 members (excludes halogenated alkanes) is 3. The molecule has 5 heteroatoms. The first kappa shape index (κ1) is 15.8. The third kappa shape index (κ3) is 12.7. The average molecular weight is 240 g/mol. The highest BCUT2D eigenvalue weighted by molar-refractivity contribution is 5.75. The van der Waals surface area contributed by atoms with E-state index in [9.17, 15) is 4.79 Å². The summed E-state index contributed by atoms with van der Waals surface area (Å²) in [5.41, 5.74) is 8.04. The largest absolute Gasteiger partial charge is 0.356 e. The van der Waals surface area contributed by atoms with Crippen LogP contribution < -0.4 is 5.32 Å². The maximum absolute atomic E-state index is 11.2. The van der Waals surface area contributed by atoms with E-state index in [1.165, 1.54) is 25.7 Å². The molecule has 0 aromatic heterocycles. The maximum atomic E-state index is 11.2. The van der Waals surface area contributed by atoms with Crippen LogP contribution in [0.5, 0.6) is 0 Å². The lowest BCUT2D eigenvalue weighted by atomic mass is 10.0. The molecule has 0 unspecified atom stereocenters. The van der Waals surface area contributed by atoms with Crippen LogP contribution in [0.3, 0.4) is 0 Å². The van der Waals surface area contributed by atoms with E-state index in [2.05, 4.69) is 29.2 Å². The smallest absolute Gasteiger partial charge is 0.220 e. The van der Waals surface area contributed by atoms with Gasteiger partial charge in [0.05, 0.1) is 0 Å². The van der Waals surface area contributed by atoms with Crippen LogP contribution >= 0.6 is 0 Å². The Morgan fingerprint density at radius 2 is 2.00 bits per heavy atom. The molecule has 17 heavy (non-hydrogen) atoms. The van der Waals surface area contributed by atoms with Crippen molar-refractivity contribution in [3.05, 3.63) is 10.4 Å². The number of hydrogen-bond acceptors (Lipinski definition) is 2. The molecule has 0 aliphatic rings. The van der Waals surface area contributed by atoms with Gasteiger partial charge in [-0.2, -0.15) is 0 Å². The number of rotatable bonds is 10. The molecule has 0 radical (unpaired) electrons. The number of carbonyl (C=O) groups excluding carboxylic acids is 1. The molecule has 0 aliphatic heterocycles. The fourth-order valence-electron chi connectivity index (χ4n) is 1.54. The van der Waals surface area contributed by atoms with E-state index in [0.29, 0.717) is 0 Å². The van der Waals surface area contributed by atoms with Gasteiger partial charge < -0.3 is 5.32 Å². The fourth-order valence-corrected chi connectivity index (χ4v) is 1.54. The molecule has 0 bridgehead atoms. The second-order valence-electron chi connectivity index (χ2n) is 4.65. The van der Waals surface area contributed by atoms with Crippen molar-refractivity contribution in [1.82, 2.24) is 5.32 Å². The second-order valence-corrected chi connectivity index (χ2v) is 4.65. The fraction of sp³-hybridized carbons (Fsp3) is 0.917. The molecule has 0 heterocycles. The van der Waals surface area contributed by atoms with Crippen molar-refractivity contribution in [2.45, 2.75) is 52.4 Å². The zero-order valence-corrected chi connectivity index (χ0v) is 11.0. The van der Waals surface area contributed by atoms with Crippen molar-refractivity contribution in [3.63, 3.8) is 0 Å². The lowest BCUT2D eigenvalue weighted by molar-refractivity contribution is -0.120. The summed E-state index contributed by atoms with van der Waals surface area (Å²) < 4.78 is 0. The molecule has 1 amide bonds. The summed E-state index contributed by atoms with van der Waals surface area (Å²) in [7, 11) is 0. The average Bonchev–Trinajstić information content (AvgIpc) is 2.28. The van der Waals surface area contributed by atoms with Crippen molar-refractivity contribution in [2.75, 3.05) is 13.1 Å². The molecule has 0 aromatic rings. The van der Waals surface area contributed by atoms with Crippen LogP contribution in [-0.2, 0) is 4.79 Å². The molecule has 0 aliphatic carbocycles. The molecule has 0 aromatic carbocycles. The summed E-state index contributed by atoms with van der Waals surface area (Å²) in [6.45, 7) is 5.46. The van der Waals surface area contributed by atoms with Crippen molar-refractivity contribution < 1.29 is 4.79 Å². The summed E-state index contributed by atoms with van der Waals surface area (Å²) in [4.78, 5) is 13.8. The molecule has 0 fully saturated rings. The van der Waals surface area contributed by atoms with Gasteiger partial charge in [0, 0.05) is 24.4 Å². The summed E-state index contributed by atoms with van der Waals surface area (Å²) >= 11 is 0. The third-order valence-electron chi connectivity index (χ3n) is 2.53. The number of nitrogens with zero attached hydrogens (tertiary/aromatic N) is 3. The lowest BCUT2D eigenvalue weighted by Crippen LogP contribution is -2.24. The van der Waals surface area contributed by atoms with Crippen molar-refractivity contribution in [3.8, 4) is 0 Å². The van der Waals surface area contributed by atoms with Crippen LogP contribution in [0.4, 0.5) is 0 Å². The minimum atomic E-state index is -0.0282. The van der Waals surface area contributed by atoms with Gasteiger partial charge in [-0.15, -0.1) is 0 Å². The van der Waals surface area contributed by atoms with Gasteiger partial charge in [0.1, 0.15) is 0 Å². The first-order valence-electron chi connectivity index (χ1n) is 6.44. The number of azide groups is 1. The minimum Gasteiger partial charge on any atom is -0.356 e. The normalized spacial score (nSPS) is 10.1. The molecule has 5 nitrogen and oxygen atoms in total. The Bertz CT molecular complexity index is 247. The molecule has 0 saturated carbocycles. The summed E-state index contributed by atoms with van der Waals surface area (Å²) in [5, 5.41) is 6.14. The SMILES string of the molecule is CC(C)CCCCCCNC(=O)CCN=[N+]=[N-]. The van der Waals surface area contributed by atoms with Gasteiger partial charge in [-0.1, -0.05) is 44.6 Å². The zero-order chi connectivity index (χ0) is 12.9. The first-order chi connectivity index (χ1) is 8.16. The van der Waals surface area contributed by atoms with Crippen LogP contribution in [0.2, 0.25) is 0 Å². The Labute approximate surface area is 104 Å². The highest BCUT2D eigenvalue weighted by Gasteiger charge is 1.99. The summed E-state index contributed by atoms with van der Waals surface area (Å²) in [5.74, 6) is 0.759. The number of hydrogen-bond donors (Lipinski definition) is 1. The molecule has 0 rings (SSSR count). The van der Waals surface area contributed by atoms with E-state index in [1.807, 2.05) is 0 Å². The Kier molecular flexibility index (Phi) is 10.5. The first-order valence-corrected chi connectivity index (χ1v) is 6.44. The number of nitrogens with one attached hydrogen (secondary N) is 1. The monoisotopic (exact) mass is 240 g/mol. The quantitative estimate of drug-likeness (QED) is 0.270. The van der Waals surface area contributed by atoms with Crippen molar-refractivity contribution in [2.24, 2.45) is 11.0 Å². The summed E-state index contributed by atoms with van der Waals surface area (Å²) in [6, 6.07) is 0. The molecular formula is C12H24N4O. The second kappa shape index (κ2) is 11.3. The van der Waals surface area contributed by atoms with E-state index in [-0.39, 0.29) is 18.9 Å². The van der Waals surface area contributed by atoms with E-state index in [1.54, 1.807) is 0 Å². The topological polar surface area (TPSA) is 77.9 Å². The molecule has 98 valence electrons. The Hall–Kier alpha value is -1.22. The minimum absolute atomic E-state index is 0.0282. The number of amides is 1. The van der Waals surface area contributed by atoms with Crippen LogP contribution in [0.15, 0.2) is 5.11 Å². The van der Waals surface area contributed by atoms with Gasteiger partial charge >= 0.3 is 0 Å². The van der Waals surface area contributed by atoms with Crippen LogP contribution in [0.25, 0.3) is 10.4 Å². The van der Waals surface area contributed by atoms with Crippen LogP contribution in [-0.4, -0.2) is 19.0 Å². The highest BCUT2D eigenvalue weighted by Crippen LogP contribution is 2.08. The van der Waals surface area contributed by atoms with Crippen molar-refractivity contribution in [1.29, 1.82) is 0 Å². The third-order valence-corrected chi connectivity index (χ3v) is 2.53. The zero-order valence-electron chi connectivity index (χ0n) is 11.0. The van der Waals surface area contributed by atoms with Gasteiger partial charge in [-0.3, -0.25) is 4.79 Å². The van der Waals surface area contributed by atoms with Gasteiger partial charge in [0.25, 0.3) is 0 Å². The van der Waals surface area contributed by atoms with E-state index in [0.717, 1.165) is 18.9 Å². The lowest BCUT2D eigenvalue weighted by Gasteiger charge is -2.05. The molecular weight excluding hydrogens is 216 g/mol. The van der Waals surface area contributed by atoms with E-state index >= 15 is 0 Å². The molecule has 0 saturated heterocycles. The molecule has 0 atom stereocenters. The predicted molar refractivity (Wildman–Crippen MR) is 69.6 cm³/mol. The van der Waals surface area contributed by atoms with E-state index < -0.39 is 0 Å². The van der Waals surface area contributed by atoms with Gasteiger partial charge in [0.15, 0.2) is 0 Å². The Morgan fingerprint density at radius 3 is 2.65 bits per heavy atom. The Balaban J connectivity index is 3.21. The predicted octanol–water partition coefficient (Wildman–Crippen LogP) is 3.41. The van der Waals surface area contributed by atoms with Crippen LogP contribution in [0, 0.1) is 5.92 Å². The summed E-state index contributed by atoms with van der Waals surface area (Å²) in [6.07, 6.45) is 6.31. The number of carbonyl (C=O) groups is 1. The van der Waals surface area contributed by atoms with Crippen molar-refractivity contribution >= 4 is 5.91 Å². The van der Waals surface area contributed by atoms with E-state index in [4.69, 9.17) is 5.53 Å². The Morgan fingerprint density at radius 1 is 1.29 bits per heavy atom. The molecule has 0 spiro atoms. The van der Waals surface area contributed by atoms with Gasteiger partial charge in [0.2, 0.25) is 5.91 Å². The highest BCUT2D eigenvalue weighted by atomic mass is 16.1. The maximum Gasteiger partial charge on any atom is 0.220 e. The van der Waals surface area contributed by atoms with Crippen LogP contribution in [0.1, 0.15) is 52.4 Å². The van der Waals surface area contributed by atoms with Gasteiger partial charge in [-0.25, -0.2) is 0 Å². The molecule has 1 N–H and O–H groups in total. The standard InChI is InChI=1S/C12H24N4O/c1-11(2)7-5-3-4-6-9-14-12(17)8-10-15-16-13/h11H,3-10H2,1-2H3,(H,14,17). The van der Waals surface area contributed by atoms with Gasteiger partial charge in [-0.05, 0) is 17.9 Å².